The summed E-state index contributed by atoms with van der Waals surface area (Å²) in [5, 5.41) is 6.82. The largest absolute Gasteiger partial charge is 0.474 e. The lowest BCUT2D eigenvalue weighted by atomic mass is 9.89. The summed E-state index contributed by atoms with van der Waals surface area (Å²) in [7, 11) is 1.42. The number of nitrogens with zero attached hydrogens (tertiary/aromatic N) is 3. The second-order valence-electron chi connectivity index (χ2n) is 8.57. The molecule has 32 heavy (non-hydrogen) atoms. The predicted octanol–water partition coefficient (Wildman–Crippen LogP) is 3.94. The van der Waals surface area contributed by atoms with Gasteiger partial charge in [-0.2, -0.15) is 0 Å². The van der Waals surface area contributed by atoms with Crippen LogP contribution < -0.4 is 15.4 Å². The van der Waals surface area contributed by atoms with Gasteiger partial charge < -0.3 is 25.0 Å². The molecule has 1 aliphatic heterocycles. The third-order valence-corrected chi connectivity index (χ3v) is 6.08. The molecule has 0 bridgehead atoms. The van der Waals surface area contributed by atoms with E-state index < -0.39 is 0 Å². The first kappa shape index (κ1) is 26.5. The van der Waals surface area contributed by atoms with Gasteiger partial charge in [-0.1, -0.05) is 6.92 Å². The number of rotatable bonds is 6. The summed E-state index contributed by atoms with van der Waals surface area (Å²) >= 11 is 0. The first-order valence-electron chi connectivity index (χ1n) is 11.6. The Bertz CT molecular complexity index is 732. The number of carbonyl (C=O) groups is 1. The molecule has 1 saturated carbocycles. The van der Waals surface area contributed by atoms with Gasteiger partial charge in [0.15, 0.2) is 5.96 Å². The van der Waals surface area contributed by atoms with E-state index in [-0.39, 0.29) is 42.2 Å². The molecule has 1 aromatic heterocycles. The summed E-state index contributed by atoms with van der Waals surface area (Å²) < 4.78 is 10.9. The van der Waals surface area contributed by atoms with Gasteiger partial charge in [-0.3, -0.25) is 0 Å². The lowest BCUT2D eigenvalue weighted by Gasteiger charge is -2.32. The molecule has 180 valence electrons. The number of guanidine groups is 1. The van der Waals surface area contributed by atoms with Crippen molar-refractivity contribution in [3.63, 3.8) is 0 Å². The standard InChI is InChI=1S/C23H37N5O3.HI/c1-4-24-22(27-19-10-13-28(14-11-19)23(29)30-3)26-16-18-9-12-25-21(15-18)31-20-7-5-17(2)6-8-20;/h9,12,15,17,19-20H,4-8,10-11,13-14,16H2,1-3H3,(H2,24,26,27);1H. The molecule has 1 aromatic rings. The smallest absolute Gasteiger partial charge is 0.409 e. The highest BCUT2D eigenvalue weighted by molar-refractivity contribution is 14.0. The molecule has 2 aliphatic rings. The molecular formula is C23H38IN5O3. The van der Waals surface area contributed by atoms with Crippen molar-refractivity contribution >= 4 is 36.0 Å². The monoisotopic (exact) mass is 559 g/mol. The summed E-state index contributed by atoms with van der Waals surface area (Å²) in [4.78, 5) is 22.5. The van der Waals surface area contributed by atoms with Crippen LogP contribution in [0.2, 0.25) is 0 Å². The summed E-state index contributed by atoms with van der Waals surface area (Å²) in [6.07, 6.45) is 8.22. The Morgan fingerprint density at radius 1 is 1.22 bits per heavy atom. The van der Waals surface area contributed by atoms with Crippen molar-refractivity contribution in [1.29, 1.82) is 0 Å². The summed E-state index contributed by atoms with van der Waals surface area (Å²) in [5.41, 5.74) is 1.08. The van der Waals surface area contributed by atoms with Crippen molar-refractivity contribution in [2.45, 2.75) is 71.1 Å². The fourth-order valence-electron chi connectivity index (χ4n) is 4.15. The van der Waals surface area contributed by atoms with Crippen LogP contribution in [0.25, 0.3) is 0 Å². The van der Waals surface area contributed by atoms with Gasteiger partial charge in [-0.15, -0.1) is 24.0 Å². The Hall–Kier alpha value is -1.78. The average Bonchev–Trinajstić information content (AvgIpc) is 2.79. The maximum absolute atomic E-state index is 11.7. The number of hydrogen-bond donors (Lipinski definition) is 2. The molecule has 1 amide bonds. The number of amides is 1. The van der Waals surface area contributed by atoms with E-state index in [9.17, 15) is 4.79 Å². The molecule has 2 N–H and O–H groups in total. The number of likely N-dealkylation sites (tertiary alicyclic amines) is 1. The lowest BCUT2D eigenvalue weighted by molar-refractivity contribution is 0.111. The minimum Gasteiger partial charge on any atom is -0.474 e. The van der Waals surface area contributed by atoms with E-state index in [2.05, 4.69) is 29.5 Å². The van der Waals surface area contributed by atoms with Crippen molar-refractivity contribution in [3.05, 3.63) is 23.9 Å². The molecule has 0 radical (unpaired) electrons. The van der Waals surface area contributed by atoms with Crippen molar-refractivity contribution in [3.8, 4) is 5.88 Å². The third-order valence-electron chi connectivity index (χ3n) is 6.08. The Labute approximate surface area is 208 Å². The fraction of sp³-hybridized carbons (Fsp3) is 0.696. The van der Waals surface area contributed by atoms with Crippen LogP contribution in [0.1, 0.15) is 57.9 Å². The molecule has 0 unspecified atom stereocenters. The molecule has 0 aromatic carbocycles. The van der Waals surface area contributed by atoms with Gasteiger partial charge in [-0.25, -0.2) is 14.8 Å². The molecule has 8 nitrogen and oxygen atoms in total. The molecule has 2 heterocycles. The van der Waals surface area contributed by atoms with E-state index in [0.717, 1.165) is 49.7 Å². The van der Waals surface area contributed by atoms with E-state index >= 15 is 0 Å². The summed E-state index contributed by atoms with van der Waals surface area (Å²) in [5.74, 6) is 2.29. The molecule has 0 atom stereocenters. The van der Waals surface area contributed by atoms with Gasteiger partial charge >= 0.3 is 6.09 Å². The van der Waals surface area contributed by atoms with Crippen LogP contribution in [0.3, 0.4) is 0 Å². The van der Waals surface area contributed by atoms with E-state index in [4.69, 9.17) is 14.5 Å². The number of piperidine rings is 1. The normalized spacial score (nSPS) is 22.0. The number of pyridine rings is 1. The van der Waals surface area contributed by atoms with Gasteiger partial charge in [0.1, 0.15) is 6.10 Å². The second kappa shape index (κ2) is 13.7. The molecule has 1 saturated heterocycles. The Morgan fingerprint density at radius 2 is 1.94 bits per heavy atom. The second-order valence-corrected chi connectivity index (χ2v) is 8.57. The minimum atomic E-state index is -0.252. The number of aliphatic imine (C=N–C) groups is 1. The number of methoxy groups -OCH3 is 1. The van der Waals surface area contributed by atoms with Gasteiger partial charge in [0.2, 0.25) is 5.88 Å². The topological polar surface area (TPSA) is 88.1 Å². The molecule has 1 aliphatic carbocycles. The van der Waals surface area contributed by atoms with E-state index in [0.29, 0.717) is 25.5 Å². The van der Waals surface area contributed by atoms with Crippen molar-refractivity contribution in [2.75, 3.05) is 26.7 Å². The van der Waals surface area contributed by atoms with Crippen LogP contribution in [0.4, 0.5) is 4.79 Å². The van der Waals surface area contributed by atoms with Crippen LogP contribution in [0.15, 0.2) is 23.3 Å². The maximum Gasteiger partial charge on any atom is 0.409 e. The molecule has 3 rings (SSSR count). The van der Waals surface area contributed by atoms with Crippen LogP contribution in [0, 0.1) is 5.92 Å². The highest BCUT2D eigenvalue weighted by atomic mass is 127. The fourth-order valence-corrected chi connectivity index (χ4v) is 4.15. The maximum atomic E-state index is 11.7. The first-order chi connectivity index (χ1) is 15.1. The van der Waals surface area contributed by atoms with Crippen LogP contribution >= 0.6 is 24.0 Å². The molecule has 9 heteroatoms. The highest BCUT2D eigenvalue weighted by Gasteiger charge is 2.24. The van der Waals surface area contributed by atoms with E-state index in [1.54, 1.807) is 11.1 Å². The lowest BCUT2D eigenvalue weighted by Crippen LogP contribution is -2.49. The van der Waals surface area contributed by atoms with Crippen LogP contribution in [-0.4, -0.2) is 60.8 Å². The number of halogens is 1. The minimum absolute atomic E-state index is 0. The Balaban J connectivity index is 0.00000363. The zero-order valence-corrected chi connectivity index (χ0v) is 21.8. The molecule has 0 spiro atoms. The van der Waals surface area contributed by atoms with Crippen molar-refractivity contribution in [1.82, 2.24) is 20.5 Å². The first-order valence-corrected chi connectivity index (χ1v) is 11.6. The highest BCUT2D eigenvalue weighted by Crippen LogP contribution is 2.26. The number of aromatic nitrogens is 1. The SMILES string of the molecule is CCNC(=NCc1ccnc(OC2CCC(C)CC2)c1)NC1CCN(C(=O)OC)CC1.I. The Morgan fingerprint density at radius 3 is 2.59 bits per heavy atom. The Kier molecular flexibility index (Phi) is 11.3. The van der Waals surface area contributed by atoms with E-state index in [1.165, 1.54) is 20.0 Å². The van der Waals surface area contributed by atoms with Gasteiger partial charge in [-0.05, 0) is 63.0 Å². The molecular weight excluding hydrogens is 521 g/mol. The quantitative estimate of drug-likeness (QED) is 0.312. The predicted molar refractivity (Wildman–Crippen MR) is 137 cm³/mol. The molecule has 2 fully saturated rings. The van der Waals surface area contributed by atoms with Crippen molar-refractivity contribution in [2.24, 2.45) is 10.9 Å². The number of hydrogen-bond acceptors (Lipinski definition) is 5. The van der Waals surface area contributed by atoms with E-state index in [1.807, 2.05) is 12.1 Å². The van der Waals surface area contributed by atoms with Crippen molar-refractivity contribution < 1.29 is 14.3 Å². The zero-order valence-electron chi connectivity index (χ0n) is 19.5. The van der Waals surface area contributed by atoms with Gasteiger partial charge in [0.05, 0.1) is 13.7 Å². The third kappa shape index (κ3) is 8.29. The number of carbonyl (C=O) groups excluding carboxylic acids is 1. The summed E-state index contributed by atoms with van der Waals surface area (Å²) in [6, 6.07) is 4.27. The van der Waals surface area contributed by atoms with Crippen LogP contribution in [-0.2, 0) is 11.3 Å². The number of nitrogens with one attached hydrogen (secondary N) is 2. The number of ether oxygens (including phenoxy) is 2. The van der Waals surface area contributed by atoms with Gasteiger partial charge in [0, 0.05) is 37.9 Å². The van der Waals surface area contributed by atoms with Gasteiger partial charge in [0.25, 0.3) is 0 Å². The summed E-state index contributed by atoms with van der Waals surface area (Å²) in [6.45, 7) is 7.09. The van der Waals surface area contributed by atoms with Crippen LogP contribution in [0.5, 0.6) is 5.88 Å². The average molecular weight is 559 g/mol. The zero-order chi connectivity index (χ0) is 22.1.